The summed E-state index contributed by atoms with van der Waals surface area (Å²) < 4.78 is 28.9. The third kappa shape index (κ3) is 2.37. The monoisotopic (exact) mass is 306 g/mol. The number of aryl methyl sites for hydroxylation is 1. The van der Waals surface area contributed by atoms with E-state index in [4.69, 9.17) is 0 Å². The van der Waals surface area contributed by atoms with Crippen molar-refractivity contribution in [3.63, 3.8) is 0 Å². The minimum Gasteiger partial charge on any atom is -0.332 e. The van der Waals surface area contributed by atoms with Crippen LogP contribution in [-0.2, 0) is 6.54 Å². The molecular formula is C14H12F2N4S. The summed E-state index contributed by atoms with van der Waals surface area (Å²) in [7, 11) is 0. The van der Waals surface area contributed by atoms with Crippen LogP contribution in [0.1, 0.15) is 6.92 Å². The molecule has 0 radical (unpaired) electrons. The lowest BCUT2D eigenvalue weighted by molar-refractivity contribution is 0.580. The summed E-state index contributed by atoms with van der Waals surface area (Å²) in [6, 6.07) is 1.40. The normalized spacial score (nSPS) is 11.2. The van der Waals surface area contributed by atoms with Crippen LogP contribution in [0.4, 0.5) is 8.78 Å². The average molecular weight is 306 g/mol. The molecule has 3 aromatic heterocycles. The molecule has 0 aliphatic carbocycles. The highest BCUT2D eigenvalue weighted by molar-refractivity contribution is 7.98. The summed E-state index contributed by atoms with van der Waals surface area (Å²) in [5.41, 5.74) is 1.31. The van der Waals surface area contributed by atoms with Crippen LogP contribution in [0.3, 0.4) is 0 Å². The first-order valence-electron chi connectivity index (χ1n) is 6.35. The van der Waals surface area contributed by atoms with E-state index in [0.717, 1.165) is 6.20 Å². The second-order valence-electron chi connectivity index (χ2n) is 4.40. The van der Waals surface area contributed by atoms with Gasteiger partial charge in [-0.25, -0.2) is 23.7 Å². The van der Waals surface area contributed by atoms with Crippen LogP contribution in [0, 0.1) is 11.6 Å². The van der Waals surface area contributed by atoms with E-state index in [9.17, 15) is 8.78 Å². The number of fused-ring (bicyclic) bond motifs is 1. The van der Waals surface area contributed by atoms with Crippen LogP contribution < -0.4 is 0 Å². The molecule has 0 fully saturated rings. The molecule has 0 aliphatic heterocycles. The lowest BCUT2D eigenvalue weighted by atomic mass is 10.2. The van der Waals surface area contributed by atoms with Gasteiger partial charge in [-0.2, -0.15) is 0 Å². The van der Waals surface area contributed by atoms with Crippen molar-refractivity contribution in [3.8, 4) is 11.4 Å². The molecule has 4 nitrogen and oxygen atoms in total. The first-order valence-corrected chi connectivity index (χ1v) is 7.57. The molecule has 0 N–H and O–H groups in total. The molecular weight excluding hydrogens is 294 g/mol. The van der Waals surface area contributed by atoms with Gasteiger partial charge in [0.15, 0.2) is 11.6 Å². The van der Waals surface area contributed by atoms with Gasteiger partial charge in [-0.05, 0) is 19.2 Å². The van der Waals surface area contributed by atoms with E-state index in [2.05, 4.69) is 15.0 Å². The minimum absolute atomic E-state index is 0.266. The van der Waals surface area contributed by atoms with E-state index in [1.807, 2.05) is 17.7 Å². The summed E-state index contributed by atoms with van der Waals surface area (Å²) in [5, 5.41) is 0.886. The van der Waals surface area contributed by atoms with Crippen molar-refractivity contribution in [1.82, 2.24) is 19.5 Å². The summed E-state index contributed by atoms with van der Waals surface area (Å²) >= 11 is 1.20. The second-order valence-corrected chi connectivity index (χ2v) is 5.20. The number of thioether (sulfide) groups is 1. The first kappa shape index (κ1) is 13.9. The molecule has 0 aromatic carbocycles. The van der Waals surface area contributed by atoms with Gasteiger partial charge >= 0.3 is 0 Å². The Bertz CT molecular complexity index is 816. The molecule has 0 aliphatic rings. The van der Waals surface area contributed by atoms with Gasteiger partial charge in [0.05, 0.1) is 12.4 Å². The maximum absolute atomic E-state index is 13.5. The Labute approximate surface area is 124 Å². The van der Waals surface area contributed by atoms with Crippen LogP contribution in [0.15, 0.2) is 29.7 Å². The van der Waals surface area contributed by atoms with Crippen LogP contribution in [-0.4, -0.2) is 25.8 Å². The number of halogens is 2. The van der Waals surface area contributed by atoms with Crippen LogP contribution in [0.25, 0.3) is 22.4 Å². The van der Waals surface area contributed by atoms with Crippen LogP contribution in [0.2, 0.25) is 0 Å². The fourth-order valence-electron chi connectivity index (χ4n) is 2.19. The molecule has 0 bridgehead atoms. The standard InChI is InChI=1S/C14H12F2N4S/c1-3-20-7-10(9-4-8(15)5-18-13(9)20)12-17-6-11(16)14(19-12)21-2/h4-7H,3H2,1-2H3. The van der Waals surface area contributed by atoms with Gasteiger partial charge in [0.2, 0.25) is 0 Å². The maximum atomic E-state index is 13.5. The van der Waals surface area contributed by atoms with E-state index in [0.29, 0.717) is 29.0 Å². The highest BCUT2D eigenvalue weighted by atomic mass is 32.2. The molecule has 3 heterocycles. The zero-order valence-corrected chi connectivity index (χ0v) is 12.3. The summed E-state index contributed by atoms with van der Waals surface area (Å²) in [6.07, 6.45) is 5.87. The summed E-state index contributed by atoms with van der Waals surface area (Å²) in [5.74, 6) is -0.523. The van der Waals surface area contributed by atoms with Gasteiger partial charge in [-0.1, -0.05) is 0 Å². The Hall–Kier alpha value is -2.02. The number of nitrogens with zero attached hydrogens (tertiary/aromatic N) is 4. The first-order chi connectivity index (χ1) is 10.1. The molecule has 0 saturated heterocycles. The van der Waals surface area contributed by atoms with Gasteiger partial charge in [0.1, 0.15) is 16.5 Å². The van der Waals surface area contributed by atoms with E-state index < -0.39 is 11.6 Å². The average Bonchev–Trinajstić information content (AvgIpc) is 2.85. The van der Waals surface area contributed by atoms with Crippen molar-refractivity contribution in [2.45, 2.75) is 18.5 Å². The van der Waals surface area contributed by atoms with Gasteiger partial charge in [-0.3, -0.25) is 0 Å². The van der Waals surface area contributed by atoms with Gasteiger partial charge in [0, 0.05) is 23.7 Å². The Morgan fingerprint density at radius 1 is 1.24 bits per heavy atom. The number of hydrogen-bond donors (Lipinski definition) is 0. The number of rotatable bonds is 3. The van der Waals surface area contributed by atoms with Crippen LogP contribution in [0.5, 0.6) is 0 Å². The highest BCUT2D eigenvalue weighted by Gasteiger charge is 2.15. The molecule has 0 amide bonds. The fourth-order valence-corrected chi connectivity index (χ4v) is 2.61. The van der Waals surface area contributed by atoms with E-state index in [1.165, 1.54) is 24.0 Å². The molecule has 0 unspecified atom stereocenters. The highest BCUT2D eigenvalue weighted by Crippen LogP contribution is 2.29. The Kier molecular flexibility index (Phi) is 3.59. The van der Waals surface area contributed by atoms with Gasteiger partial charge < -0.3 is 4.57 Å². The van der Waals surface area contributed by atoms with Crippen molar-refractivity contribution in [2.24, 2.45) is 0 Å². The molecule has 3 rings (SSSR count). The Morgan fingerprint density at radius 3 is 2.76 bits per heavy atom. The predicted molar refractivity (Wildman–Crippen MR) is 78.1 cm³/mol. The lowest BCUT2D eigenvalue weighted by Crippen LogP contribution is -1.94. The molecule has 0 atom stereocenters. The van der Waals surface area contributed by atoms with Crippen molar-refractivity contribution in [1.29, 1.82) is 0 Å². The smallest absolute Gasteiger partial charge is 0.173 e. The van der Waals surface area contributed by atoms with Gasteiger partial charge in [-0.15, -0.1) is 11.8 Å². The topological polar surface area (TPSA) is 43.6 Å². The SMILES string of the molecule is CCn1cc(-c2ncc(F)c(SC)n2)c2cc(F)cnc21. The Morgan fingerprint density at radius 2 is 2.05 bits per heavy atom. The summed E-state index contributed by atoms with van der Waals surface area (Å²) in [4.78, 5) is 12.3. The van der Waals surface area contributed by atoms with Crippen molar-refractivity contribution >= 4 is 22.8 Å². The van der Waals surface area contributed by atoms with E-state index in [1.54, 1.807) is 6.26 Å². The predicted octanol–water partition coefficient (Wildman–Crippen LogP) is 3.51. The van der Waals surface area contributed by atoms with Crippen LogP contribution >= 0.6 is 11.8 Å². The molecule has 3 aromatic rings. The lowest BCUT2D eigenvalue weighted by Gasteiger charge is -2.01. The fraction of sp³-hybridized carbons (Fsp3) is 0.214. The van der Waals surface area contributed by atoms with Crippen molar-refractivity contribution < 1.29 is 8.78 Å². The number of pyridine rings is 1. The molecule has 7 heteroatoms. The van der Waals surface area contributed by atoms with Crippen molar-refractivity contribution in [2.75, 3.05) is 6.26 Å². The molecule has 21 heavy (non-hydrogen) atoms. The van der Waals surface area contributed by atoms with E-state index >= 15 is 0 Å². The quantitative estimate of drug-likeness (QED) is 0.548. The zero-order valence-electron chi connectivity index (χ0n) is 11.5. The van der Waals surface area contributed by atoms with Gasteiger partial charge in [0.25, 0.3) is 0 Å². The molecule has 0 saturated carbocycles. The minimum atomic E-state index is -0.463. The molecule has 108 valence electrons. The third-order valence-corrected chi connectivity index (χ3v) is 3.84. The second kappa shape index (κ2) is 5.40. The van der Waals surface area contributed by atoms with Crippen molar-refractivity contribution in [3.05, 3.63) is 36.3 Å². The Balaban J connectivity index is 2.26. The molecule has 0 spiro atoms. The number of hydrogen-bond acceptors (Lipinski definition) is 4. The maximum Gasteiger partial charge on any atom is 0.173 e. The summed E-state index contributed by atoms with van der Waals surface area (Å²) in [6.45, 7) is 2.65. The zero-order chi connectivity index (χ0) is 15.0. The third-order valence-electron chi connectivity index (χ3n) is 3.17. The van der Waals surface area contributed by atoms with E-state index in [-0.39, 0.29) is 5.03 Å². The number of aromatic nitrogens is 4. The largest absolute Gasteiger partial charge is 0.332 e.